The molecule has 1 aromatic heterocycles. The molecule has 1 saturated heterocycles. The van der Waals surface area contributed by atoms with Crippen LogP contribution in [0.2, 0.25) is 0 Å². The molecule has 0 aliphatic carbocycles. The number of ether oxygens (including phenoxy) is 1. The van der Waals surface area contributed by atoms with Crippen LogP contribution in [0.1, 0.15) is 24.1 Å². The summed E-state index contributed by atoms with van der Waals surface area (Å²) in [5.41, 5.74) is 1.48. The van der Waals surface area contributed by atoms with E-state index in [-0.39, 0.29) is 6.61 Å². The fourth-order valence-corrected chi connectivity index (χ4v) is 3.49. The first-order valence-electron chi connectivity index (χ1n) is 9.39. The summed E-state index contributed by atoms with van der Waals surface area (Å²) in [5.74, 6) is -1.58. The van der Waals surface area contributed by atoms with Gasteiger partial charge in [-0.25, -0.2) is 4.79 Å². The normalized spacial score (nSPS) is 17.7. The number of rotatable bonds is 9. The van der Waals surface area contributed by atoms with Gasteiger partial charge in [0, 0.05) is 11.1 Å². The monoisotopic (exact) mass is 427 g/mol. The number of benzene rings is 1. The molecule has 2 N–H and O–H groups in total. The fourth-order valence-electron chi connectivity index (χ4n) is 3.25. The smallest absolute Gasteiger partial charge is 0.408 e. The number of pyridine rings is 1. The molecule has 1 aromatic carbocycles. The number of carboxylic acid groups (broad SMARTS) is 1. The number of aromatic nitrogens is 1. The molecule has 8 nitrogen and oxygen atoms in total. The lowest BCUT2D eigenvalue weighted by molar-refractivity contribution is -0.158. The van der Waals surface area contributed by atoms with E-state index >= 15 is 0 Å². The molecule has 1 aliphatic rings. The topological polar surface area (TPSA) is 109 Å². The highest BCUT2D eigenvalue weighted by atomic mass is 32.1. The first-order chi connectivity index (χ1) is 14.5. The highest BCUT2D eigenvalue weighted by molar-refractivity contribution is 7.80. The van der Waals surface area contributed by atoms with Crippen LogP contribution in [0.25, 0.3) is 0 Å². The minimum Gasteiger partial charge on any atom is -0.480 e. The molecule has 0 spiro atoms. The van der Waals surface area contributed by atoms with Gasteiger partial charge in [0.05, 0.1) is 11.7 Å². The number of amides is 2. The molecule has 2 aromatic rings. The molecule has 0 unspecified atom stereocenters. The molecule has 0 radical (unpaired) electrons. The lowest BCUT2D eigenvalue weighted by Gasteiger charge is -2.46. The number of carbonyl (C=O) groups is 3. The summed E-state index contributed by atoms with van der Waals surface area (Å²) in [6.07, 6.45) is 1.73. The maximum atomic E-state index is 12.4. The Morgan fingerprint density at radius 3 is 2.57 bits per heavy atom. The Balaban J connectivity index is 1.58. The standard InChI is InChI=1S/C21H21N3O5S/c25-18(26)12-24-16(9-10-17(30)15-8-4-5-11-22-15)19(20(24)27)23-21(28)29-13-14-6-2-1-3-7-14/h1-8,11,16,19H,9-10,12-13H2,(H,23,28)(H,25,26)/t16-,19+/m0/s1. The number of carboxylic acids is 1. The second-order valence-electron chi connectivity index (χ2n) is 6.79. The SMILES string of the molecule is O=C(O)CN1C(=O)[C@H](NC(=O)OCc2ccccc2)[C@@H]1CCC(=S)c1ccccn1. The molecule has 0 bridgehead atoms. The van der Waals surface area contributed by atoms with Crippen molar-refractivity contribution in [3.63, 3.8) is 0 Å². The maximum absolute atomic E-state index is 12.4. The molecule has 2 amide bonds. The molecule has 156 valence electrons. The second-order valence-corrected chi connectivity index (χ2v) is 7.28. The largest absolute Gasteiger partial charge is 0.480 e. The van der Waals surface area contributed by atoms with Crippen LogP contribution >= 0.6 is 12.2 Å². The van der Waals surface area contributed by atoms with E-state index in [9.17, 15) is 14.4 Å². The van der Waals surface area contributed by atoms with E-state index in [2.05, 4.69) is 10.3 Å². The number of alkyl carbamates (subject to hydrolysis) is 1. The van der Waals surface area contributed by atoms with Crippen LogP contribution in [-0.2, 0) is 20.9 Å². The van der Waals surface area contributed by atoms with Gasteiger partial charge in [0.15, 0.2) is 0 Å². The van der Waals surface area contributed by atoms with Crippen molar-refractivity contribution in [1.29, 1.82) is 0 Å². The number of hydrogen-bond donors (Lipinski definition) is 2. The van der Waals surface area contributed by atoms with Crippen LogP contribution in [0.5, 0.6) is 0 Å². The van der Waals surface area contributed by atoms with E-state index in [4.69, 9.17) is 22.1 Å². The summed E-state index contributed by atoms with van der Waals surface area (Å²) in [4.78, 5) is 41.7. The third-order valence-electron chi connectivity index (χ3n) is 4.74. The molecular weight excluding hydrogens is 406 g/mol. The Morgan fingerprint density at radius 2 is 1.90 bits per heavy atom. The Hall–Kier alpha value is -3.33. The third-order valence-corrected chi connectivity index (χ3v) is 5.16. The lowest BCUT2D eigenvalue weighted by atomic mass is 9.90. The number of nitrogens with zero attached hydrogens (tertiary/aromatic N) is 2. The lowest BCUT2D eigenvalue weighted by Crippen LogP contribution is -2.71. The number of hydrogen-bond acceptors (Lipinski definition) is 6. The van der Waals surface area contributed by atoms with Gasteiger partial charge in [-0.2, -0.15) is 0 Å². The Bertz CT molecular complexity index is 923. The predicted octanol–water partition coefficient (Wildman–Crippen LogP) is 2.17. The van der Waals surface area contributed by atoms with Gasteiger partial charge in [-0.15, -0.1) is 0 Å². The summed E-state index contributed by atoms with van der Waals surface area (Å²) < 4.78 is 5.17. The number of thiocarbonyl (C=S) groups is 1. The molecule has 1 aliphatic heterocycles. The summed E-state index contributed by atoms with van der Waals surface area (Å²) in [5, 5.41) is 11.6. The van der Waals surface area contributed by atoms with E-state index in [1.54, 1.807) is 18.3 Å². The minimum absolute atomic E-state index is 0.0703. The van der Waals surface area contributed by atoms with Gasteiger partial charge in [0.1, 0.15) is 19.2 Å². The van der Waals surface area contributed by atoms with E-state index in [0.717, 1.165) is 5.56 Å². The second kappa shape index (κ2) is 9.93. The van der Waals surface area contributed by atoms with Crippen LogP contribution in [0.15, 0.2) is 54.7 Å². The van der Waals surface area contributed by atoms with Crippen molar-refractivity contribution in [2.75, 3.05) is 6.54 Å². The molecule has 0 saturated carbocycles. The van der Waals surface area contributed by atoms with E-state index in [1.807, 2.05) is 36.4 Å². The highest BCUT2D eigenvalue weighted by Gasteiger charge is 2.48. The van der Waals surface area contributed by atoms with Crippen LogP contribution in [0.4, 0.5) is 4.79 Å². The van der Waals surface area contributed by atoms with Gasteiger partial charge < -0.3 is 20.1 Å². The first-order valence-corrected chi connectivity index (χ1v) is 9.80. The van der Waals surface area contributed by atoms with Gasteiger partial charge in [-0.3, -0.25) is 14.6 Å². The van der Waals surface area contributed by atoms with E-state index in [1.165, 1.54) is 4.90 Å². The Morgan fingerprint density at radius 1 is 1.17 bits per heavy atom. The number of nitrogens with one attached hydrogen (secondary N) is 1. The zero-order valence-corrected chi connectivity index (χ0v) is 16.9. The first kappa shape index (κ1) is 21.4. The highest BCUT2D eigenvalue weighted by Crippen LogP contribution is 2.25. The van der Waals surface area contributed by atoms with Crippen molar-refractivity contribution >= 4 is 35.1 Å². The van der Waals surface area contributed by atoms with Crippen molar-refractivity contribution in [3.8, 4) is 0 Å². The quantitative estimate of drug-likeness (QED) is 0.359. The van der Waals surface area contributed by atoms with Crippen LogP contribution in [-0.4, -0.2) is 56.5 Å². The Labute approximate surface area is 178 Å². The minimum atomic E-state index is -1.12. The van der Waals surface area contributed by atoms with Gasteiger partial charge in [0.25, 0.3) is 0 Å². The predicted molar refractivity (Wildman–Crippen MR) is 112 cm³/mol. The molecule has 2 atom stereocenters. The van der Waals surface area contributed by atoms with Crippen molar-refractivity contribution < 1.29 is 24.2 Å². The zero-order valence-electron chi connectivity index (χ0n) is 16.1. The third kappa shape index (κ3) is 5.38. The zero-order chi connectivity index (χ0) is 21.5. The fraction of sp³-hybridized carbons (Fsp3) is 0.286. The molecule has 1 fully saturated rings. The number of β-lactam (4-membered cyclic amide) rings is 1. The van der Waals surface area contributed by atoms with Gasteiger partial charge in [-0.1, -0.05) is 48.6 Å². The van der Waals surface area contributed by atoms with Gasteiger partial charge >= 0.3 is 12.1 Å². The summed E-state index contributed by atoms with van der Waals surface area (Å²) in [6.45, 7) is -0.363. The average Bonchev–Trinajstić information content (AvgIpc) is 2.77. The molecule has 2 heterocycles. The number of carbonyl (C=O) groups excluding carboxylic acids is 2. The molecule has 30 heavy (non-hydrogen) atoms. The molecular formula is C21H21N3O5S. The Kier molecular flexibility index (Phi) is 7.08. The average molecular weight is 427 g/mol. The number of likely N-dealkylation sites (tertiary alicyclic amines) is 1. The van der Waals surface area contributed by atoms with Crippen molar-refractivity contribution in [2.24, 2.45) is 0 Å². The maximum Gasteiger partial charge on any atom is 0.408 e. The van der Waals surface area contributed by atoms with E-state index < -0.39 is 36.6 Å². The van der Waals surface area contributed by atoms with Gasteiger partial charge in [-0.05, 0) is 30.5 Å². The summed E-state index contributed by atoms with van der Waals surface area (Å²) in [6, 6.07) is 13.2. The van der Waals surface area contributed by atoms with Crippen LogP contribution < -0.4 is 5.32 Å². The summed E-state index contributed by atoms with van der Waals surface area (Å²) in [7, 11) is 0. The van der Waals surface area contributed by atoms with Crippen molar-refractivity contribution in [2.45, 2.75) is 31.5 Å². The van der Waals surface area contributed by atoms with Crippen LogP contribution in [0.3, 0.4) is 0 Å². The van der Waals surface area contributed by atoms with Crippen LogP contribution in [0, 0.1) is 0 Å². The van der Waals surface area contributed by atoms with E-state index in [0.29, 0.717) is 23.4 Å². The number of aliphatic carboxylic acids is 1. The molecule has 3 rings (SSSR count). The molecule has 9 heteroatoms. The van der Waals surface area contributed by atoms with Crippen molar-refractivity contribution in [1.82, 2.24) is 15.2 Å². The summed E-state index contributed by atoms with van der Waals surface area (Å²) >= 11 is 5.39. The van der Waals surface area contributed by atoms with Gasteiger partial charge in [0.2, 0.25) is 5.91 Å². The van der Waals surface area contributed by atoms with Crippen molar-refractivity contribution in [3.05, 3.63) is 66.0 Å².